The third kappa shape index (κ3) is 7.99. The Morgan fingerprint density at radius 2 is 1.44 bits per heavy atom. The van der Waals surface area contributed by atoms with Crippen LogP contribution in [-0.2, 0) is 24.0 Å². The van der Waals surface area contributed by atoms with Crippen LogP contribution in [0.15, 0.2) is 0 Å². The first-order valence-electron chi connectivity index (χ1n) is 5.79. The Balaban J connectivity index is 4.29. The topological polar surface area (TPSA) is 73.9 Å². The maximum atomic E-state index is 11.0. The lowest BCUT2D eigenvalue weighted by molar-refractivity contribution is -0.00519. The Kier molecular flexibility index (Phi) is 8.71. The maximum Gasteiger partial charge on any atom is 0.147 e. The molecule has 0 aromatic carbocycles. The van der Waals surface area contributed by atoms with Crippen LogP contribution in [0.25, 0.3) is 0 Å². The Morgan fingerprint density at radius 3 is 1.78 bits per heavy atom. The van der Waals surface area contributed by atoms with Gasteiger partial charge in [-0.15, -0.1) is 0 Å². The van der Waals surface area contributed by atoms with Crippen LogP contribution < -0.4 is 5.32 Å². The largest absolute Gasteiger partial charge is 0.383 e. The Labute approximate surface area is 110 Å². The maximum absolute atomic E-state index is 11.0. The molecule has 0 aromatic rings. The molecule has 0 spiro atoms. The lowest BCUT2D eigenvalue weighted by atomic mass is 10.0. The van der Waals surface area contributed by atoms with Crippen molar-refractivity contribution in [2.45, 2.75) is 12.0 Å². The molecule has 0 atom stereocenters. The van der Waals surface area contributed by atoms with E-state index in [-0.39, 0.29) is 5.75 Å². The molecule has 0 aliphatic carbocycles. The molecule has 7 heteroatoms. The first-order chi connectivity index (χ1) is 8.39. The highest BCUT2D eigenvalue weighted by atomic mass is 32.2. The Morgan fingerprint density at radius 1 is 1.00 bits per heavy atom. The number of hydrogen-bond acceptors (Lipinski definition) is 6. The fourth-order valence-electron chi connectivity index (χ4n) is 1.79. The molecule has 0 fully saturated rings. The van der Waals surface area contributed by atoms with E-state index in [4.69, 9.17) is 14.2 Å². The number of rotatable bonds is 11. The van der Waals surface area contributed by atoms with Crippen molar-refractivity contribution < 1.29 is 22.6 Å². The van der Waals surface area contributed by atoms with Crippen molar-refractivity contribution in [1.29, 1.82) is 0 Å². The van der Waals surface area contributed by atoms with Crippen molar-refractivity contribution in [3.63, 3.8) is 0 Å². The lowest BCUT2D eigenvalue weighted by Gasteiger charge is -2.33. The van der Waals surface area contributed by atoms with E-state index in [1.165, 1.54) is 6.26 Å². The van der Waals surface area contributed by atoms with Gasteiger partial charge in [0.15, 0.2) is 0 Å². The summed E-state index contributed by atoms with van der Waals surface area (Å²) in [4.78, 5) is 0. The minimum Gasteiger partial charge on any atom is -0.383 e. The van der Waals surface area contributed by atoms with Crippen molar-refractivity contribution >= 4 is 9.84 Å². The van der Waals surface area contributed by atoms with Gasteiger partial charge in [-0.25, -0.2) is 8.42 Å². The van der Waals surface area contributed by atoms with Gasteiger partial charge in [-0.05, 0) is 13.0 Å². The summed E-state index contributed by atoms with van der Waals surface area (Å²) in [5, 5.41) is 3.27. The molecule has 6 nitrogen and oxygen atoms in total. The average molecular weight is 283 g/mol. The lowest BCUT2D eigenvalue weighted by Crippen LogP contribution is -2.56. The zero-order valence-electron chi connectivity index (χ0n) is 11.7. The van der Waals surface area contributed by atoms with E-state index in [1.807, 2.05) is 0 Å². The van der Waals surface area contributed by atoms with Gasteiger partial charge in [0.1, 0.15) is 9.84 Å². The van der Waals surface area contributed by atoms with Crippen LogP contribution >= 0.6 is 0 Å². The predicted octanol–water partition coefficient (Wildman–Crippen LogP) is -0.311. The molecule has 18 heavy (non-hydrogen) atoms. The van der Waals surface area contributed by atoms with Crippen LogP contribution in [0.4, 0.5) is 0 Å². The minimum absolute atomic E-state index is 0.170. The molecule has 0 unspecified atom stereocenters. The summed E-state index contributed by atoms with van der Waals surface area (Å²) in [6, 6.07) is 0. The summed E-state index contributed by atoms with van der Waals surface area (Å²) < 4.78 is 37.6. The van der Waals surface area contributed by atoms with Crippen molar-refractivity contribution in [2.24, 2.45) is 0 Å². The molecular formula is C11H25NO5S. The fraction of sp³-hybridized carbons (Fsp3) is 1.00. The molecule has 0 aliphatic heterocycles. The van der Waals surface area contributed by atoms with Crippen molar-refractivity contribution in [3.8, 4) is 0 Å². The number of nitrogens with one attached hydrogen (secondary N) is 1. The number of sulfone groups is 1. The third-order valence-electron chi connectivity index (χ3n) is 2.45. The summed E-state index contributed by atoms with van der Waals surface area (Å²) in [5.41, 5.74) is -0.435. The van der Waals surface area contributed by atoms with E-state index >= 15 is 0 Å². The van der Waals surface area contributed by atoms with E-state index in [0.717, 1.165) is 0 Å². The van der Waals surface area contributed by atoms with Gasteiger partial charge in [0, 0.05) is 27.6 Å². The van der Waals surface area contributed by atoms with Gasteiger partial charge in [0.05, 0.1) is 31.1 Å². The van der Waals surface area contributed by atoms with Gasteiger partial charge in [0.2, 0.25) is 0 Å². The highest BCUT2D eigenvalue weighted by Crippen LogP contribution is 2.07. The smallest absolute Gasteiger partial charge is 0.147 e. The first kappa shape index (κ1) is 17.8. The molecule has 0 saturated heterocycles. The Hall–Kier alpha value is -0.210. The zero-order chi connectivity index (χ0) is 14.1. The van der Waals surface area contributed by atoms with Crippen LogP contribution in [-0.4, -0.2) is 73.7 Å². The molecule has 1 N–H and O–H groups in total. The van der Waals surface area contributed by atoms with Crippen LogP contribution in [0, 0.1) is 0 Å². The van der Waals surface area contributed by atoms with Gasteiger partial charge in [-0.2, -0.15) is 0 Å². The number of methoxy groups -OCH3 is 3. The van der Waals surface area contributed by atoms with Crippen molar-refractivity contribution in [1.82, 2.24) is 5.32 Å². The van der Waals surface area contributed by atoms with Gasteiger partial charge in [-0.3, -0.25) is 0 Å². The van der Waals surface area contributed by atoms with Gasteiger partial charge < -0.3 is 19.5 Å². The molecule has 0 radical (unpaired) electrons. The normalized spacial score (nSPS) is 12.9. The van der Waals surface area contributed by atoms with Crippen LogP contribution in [0.1, 0.15) is 6.42 Å². The highest BCUT2D eigenvalue weighted by Gasteiger charge is 2.29. The third-order valence-corrected chi connectivity index (χ3v) is 3.48. The molecule has 0 aromatic heterocycles. The Bertz CT molecular complexity index is 288. The van der Waals surface area contributed by atoms with E-state index in [0.29, 0.717) is 32.8 Å². The highest BCUT2D eigenvalue weighted by molar-refractivity contribution is 7.90. The summed E-state index contributed by atoms with van der Waals surface area (Å²) in [5.74, 6) is 0.170. The van der Waals surface area contributed by atoms with E-state index in [2.05, 4.69) is 5.32 Å². The molecule has 0 aliphatic rings. The van der Waals surface area contributed by atoms with Crippen LogP contribution in [0.3, 0.4) is 0 Å². The average Bonchev–Trinajstić information content (AvgIpc) is 2.24. The quantitative estimate of drug-likeness (QED) is 0.524. The second kappa shape index (κ2) is 8.82. The van der Waals surface area contributed by atoms with Gasteiger partial charge in [0.25, 0.3) is 0 Å². The summed E-state index contributed by atoms with van der Waals surface area (Å²) in [7, 11) is 1.92. The molecule has 0 rings (SSSR count). The number of ether oxygens (including phenoxy) is 3. The minimum atomic E-state index is -2.91. The molecule has 0 bridgehead atoms. The zero-order valence-corrected chi connectivity index (χ0v) is 12.5. The standard InChI is InChI=1S/C11H25NO5S/c1-15-8-11(9-16-2,10-17-3)12-6-5-7-18(4,13)14/h12H,5-10H2,1-4H3. The van der Waals surface area contributed by atoms with E-state index < -0.39 is 15.4 Å². The molecule has 0 heterocycles. The van der Waals surface area contributed by atoms with Gasteiger partial charge in [-0.1, -0.05) is 0 Å². The fourth-order valence-corrected chi connectivity index (χ4v) is 2.46. The van der Waals surface area contributed by atoms with E-state index in [1.54, 1.807) is 21.3 Å². The molecule has 110 valence electrons. The van der Waals surface area contributed by atoms with Gasteiger partial charge >= 0.3 is 0 Å². The van der Waals surface area contributed by atoms with Crippen LogP contribution in [0.5, 0.6) is 0 Å². The van der Waals surface area contributed by atoms with Crippen molar-refractivity contribution in [2.75, 3.05) is 59.7 Å². The summed E-state index contributed by atoms with van der Waals surface area (Å²) in [6.07, 6.45) is 1.79. The number of hydrogen-bond donors (Lipinski definition) is 1. The second-order valence-electron chi connectivity index (χ2n) is 4.49. The van der Waals surface area contributed by atoms with E-state index in [9.17, 15) is 8.42 Å². The molecular weight excluding hydrogens is 258 g/mol. The van der Waals surface area contributed by atoms with Crippen molar-refractivity contribution in [3.05, 3.63) is 0 Å². The monoisotopic (exact) mass is 283 g/mol. The predicted molar refractivity (Wildman–Crippen MR) is 70.7 cm³/mol. The summed E-state index contributed by atoms with van der Waals surface area (Å²) >= 11 is 0. The molecule has 0 saturated carbocycles. The summed E-state index contributed by atoms with van der Waals surface area (Å²) in [6.45, 7) is 1.89. The van der Waals surface area contributed by atoms with Crippen LogP contribution in [0.2, 0.25) is 0 Å². The molecule has 0 amide bonds. The SMILES string of the molecule is COCC(COC)(COC)NCCCS(C)(=O)=O. The first-order valence-corrected chi connectivity index (χ1v) is 7.85. The second-order valence-corrected chi connectivity index (χ2v) is 6.75.